The molecule has 0 spiro atoms. The maximum atomic E-state index is 13.8. The predicted octanol–water partition coefficient (Wildman–Crippen LogP) is 3.26. The molecular formula is C15H17ClFNO4S. The van der Waals surface area contributed by atoms with Gasteiger partial charge in [-0.2, -0.15) is 0 Å². The molecule has 1 aliphatic rings. The molecule has 1 atom stereocenters. The van der Waals surface area contributed by atoms with Crippen LogP contribution in [0.25, 0.3) is 0 Å². The summed E-state index contributed by atoms with van der Waals surface area (Å²) in [5.74, 6) is -2.45. The monoisotopic (exact) mass is 367 g/mol. The Balaban J connectivity index is 2.63. The third-order valence-electron chi connectivity index (χ3n) is 2.95. The molecule has 1 N–H and O–H groups in total. The molecule has 0 fully saturated rings. The van der Waals surface area contributed by atoms with E-state index in [1.807, 2.05) is 0 Å². The first-order valence-corrected chi connectivity index (χ1v) is 8.49. The minimum Gasteiger partial charge on any atom is -0.463 e. The van der Waals surface area contributed by atoms with Crippen LogP contribution in [0, 0.1) is 5.82 Å². The fraction of sp³-hybridized carbons (Fsp3) is 0.400. The highest BCUT2D eigenvalue weighted by Gasteiger charge is 2.35. The number of sulfonamides is 1. The summed E-state index contributed by atoms with van der Waals surface area (Å²) in [7, 11) is -4.89. The average molecular weight is 368 g/mol. The molecule has 0 saturated carbocycles. The Morgan fingerprint density at radius 3 is 3.09 bits per heavy atom. The number of carbonyl (C=O) groups excluding carboxylic acids is 1. The number of nitrogens with one attached hydrogen (secondary N) is 1. The van der Waals surface area contributed by atoms with E-state index < -0.39 is 68.7 Å². The van der Waals surface area contributed by atoms with E-state index in [9.17, 15) is 17.6 Å². The SMILES string of the molecule is [2H]c1c([2H])c(N([2H])S(=O)(=O)[C@@H]2CC([2H])([2H])CC=C2C(=O)OCC)c(Cl)c([2H])c1F. The lowest BCUT2D eigenvalue weighted by Crippen LogP contribution is -2.34. The highest BCUT2D eigenvalue weighted by molar-refractivity contribution is 7.93. The molecule has 23 heavy (non-hydrogen) atoms. The summed E-state index contributed by atoms with van der Waals surface area (Å²) >= 11 is 5.78. The zero-order chi connectivity index (χ0) is 22.3. The van der Waals surface area contributed by atoms with E-state index in [1.165, 1.54) is 6.92 Å². The van der Waals surface area contributed by atoms with Crippen LogP contribution in [0.3, 0.4) is 0 Å². The number of anilines is 1. The van der Waals surface area contributed by atoms with Crippen molar-refractivity contribution in [2.45, 2.75) is 31.4 Å². The van der Waals surface area contributed by atoms with Gasteiger partial charge >= 0.3 is 5.97 Å². The zero-order valence-corrected chi connectivity index (χ0v) is 13.6. The largest absolute Gasteiger partial charge is 0.463 e. The van der Waals surface area contributed by atoms with Crippen LogP contribution in [0.15, 0.2) is 29.8 Å². The van der Waals surface area contributed by atoms with Crippen LogP contribution < -0.4 is 4.72 Å². The van der Waals surface area contributed by atoms with Crippen molar-refractivity contribution < 1.29 is 30.6 Å². The number of esters is 1. The Bertz CT molecular complexity index is 959. The molecule has 0 radical (unpaired) electrons. The third kappa shape index (κ3) is 4.23. The molecule has 0 aliphatic heterocycles. The molecule has 0 amide bonds. The first-order chi connectivity index (χ1) is 13.3. The summed E-state index contributed by atoms with van der Waals surface area (Å²) in [6.07, 6.45) is -1.85. The van der Waals surface area contributed by atoms with Crippen molar-refractivity contribution in [1.29, 1.82) is 0 Å². The molecule has 126 valence electrons. The molecule has 0 saturated heterocycles. The van der Waals surface area contributed by atoms with E-state index in [0.29, 0.717) is 0 Å². The van der Waals surface area contributed by atoms with Gasteiger partial charge in [-0.1, -0.05) is 17.7 Å². The van der Waals surface area contributed by atoms with Crippen LogP contribution >= 0.6 is 11.6 Å². The highest BCUT2D eigenvalue weighted by atomic mass is 35.5. The smallest absolute Gasteiger partial charge is 0.335 e. The lowest BCUT2D eigenvalue weighted by Gasteiger charge is -2.24. The fourth-order valence-electron chi connectivity index (χ4n) is 1.94. The summed E-state index contributed by atoms with van der Waals surface area (Å²) in [6.45, 7) is 1.43. The number of hydrogen-bond acceptors (Lipinski definition) is 4. The maximum absolute atomic E-state index is 13.8. The van der Waals surface area contributed by atoms with E-state index in [1.54, 1.807) is 0 Å². The lowest BCUT2D eigenvalue weighted by atomic mass is 9.99. The van der Waals surface area contributed by atoms with Crippen molar-refractivity contribution in [1.82, 2.24) is 0 Å². The van der Waals surface area contributed by atoms with Gasteiger partial charge in [0.1, 0.15) is 11.1 Å². The number of halogens is 2. The number of carbonyl (C=O) groups is 1. The Morgan fingerprint density at radius 2 is 2.39 bits per heavy atom. The van der Waals surface area contributed by atoms with Gasteiger partial charge in [0.2, 0.25) is 10.0 Å². The summed E-state index contributed by atoms with van der Waals surface area (Å²) in [6, 6.07) is -3.22. The van der Waals surface area contributed by atoms with Crippen molar-refractivity contribution in [2.24, 2.45) is 0 Å². The first kappa shape index (κ1) is 11.0. The number of benzene rings is 1. The molecule has 1 aromatic carbocycles. The number of rotatable bonds is 5. The zero-order valence-electron chi connectivity index (χ0n) is 18.0. The fourth-order valence-corrected chi connectivity index (χ4v) is 3.53. The van der Waals surface area contributed by atoms with E-state index in [0.717, 1.165) is 6.08 Å². The Morgan fingerprint density at radius 1 is 1.65 bits per heavy atom. The van der Waals surface area contributed by atoms with Crippen molar-refractivity contribution in [3.05, 3.63) is 40.6 Å². The van der Waals surface area contributed by atoms with Gasteiger partial charge in [0.05, 0.1) is 27.0 Å². The number of ether oxygens (including phenoxy) is 1. The van der Waals surface area contributed by atoms with Gasteiger partial charge in [-0.15, -0.1) is 0 Å². The van der Waals surface area contributed by atoms with Crippen LogP contribution in [0.4, 0.5) is 10.1 Å². The van der Waals surface area contributed by atoms with Crippen LogP contribution in [-0.2, 0) is 19.6 Å². The van der Waals surface area contributed by atoms with E-state index in [-0.39, 0.29) is 23.3 Å². The molecule has 0 unspecified atom stereocenters. The summed E-state index contributed by atoms with van der Waals surface area (Å²) in [4.78, 5) is 12.2. The molecule has 5 nitrogen and oxygen atoms in total. The first-order valence-electron chi connectivity index (χ1n) is 9.56. The van der Waals surface area contributed by atoms with Crippen LogP contribution in [0.2, 0.25) is 6.43 Å². The average Bonchev–Trinajstić information content (AvgIpc) is 2.64. The topological polar surface area (TPSA) is 72.5 Å². The normalized spacial score (nSPS) is 24.1. The van der Waals surface area contributed by atoms with Crippen molar-refractivity contribution in [3.8, 4) is 0 Å². The predicted molar refractivity (Wildman–Crippen MR) is 86.3 cm³/mol. The Labute approximate surface area is 148 Å². The Hall–Kier alpha value is -1.60. The van der Waals surface area contributed by atoms with E-state index in [4.69, 9.17) is 24.6 Å². The van der Waals surface area contributed by atoms with E-state index >= 15 is 0 Å². The van der Waals surface area contributed by atoms with Gasteiger partial charge in [-0.25, -0.2) is 17.6 Å². The Kier molecular flexibility index (Phi) is 3.51. The van der Waals surface area contributed by atoms with Gasteiger partial charge in [0.15, 0.2) is 1.41 Å². The molecule has 1 aliphatic carbocycles. The van der Waals surface area contributed by atoms with Crippen LogP contribution in [-0.4, -0.2) is 26.2 Å². The quantitative estimate of drug-likeness (QED) is 0.811. The molecule has 0 heterocycles. The molecule has 0 bridgehead atoms. The van der Waals surface area contributed by atoms with Gasteiger partial charge in [-0.3, -0.25) is 4.72 Å². The molecule has 1 aromatic rings. The van der Waals surface area contributed by atoms with Gasteiger partial charge < -0.3 is 4.74 Å². The molecular weight excluding hydrogens is 345 g/mol. The molecule has 2 rings (SSSR count). The van der Waals surface area contributed by atoms with Crippen LogP contribution in [0.5, 0.6) is 0 Å². The van der Waals surface area contributed by atoms with Gasteiger partial charge in [-0.05, 0) is 44.3 Å². The molecule has 0 aromatic heterocycles. The van der Waals surface area contributed by atoms with Crippen molar-refractivity contribution >= 4 is 33.3 Å². The second kappa shape index (κ2) is 7.31. The molecule has 8 heteroatoms. The van der Waals surface area contributed by atoms with Gasteiger partial charge in [0, 0.05) is 2.74 Å². The van der Waals surface area contributed by atoms with Crippen molar-refractivity contribution in [3.63, 3.8) is 0 Å². The van der Waals surface area contributed by atoms with Gasteiger partial charge in [0.25, 0.3) is 0 Å². The highest BCUT2D eigenvalue weighted by Crippen LogP contribution is 2.30. The lowest BCUT2D eigenvalue weighted by molar-refractivity contribution is -0.138. The third-order valence-corrected chi connectivity index (χ3v) is 4.80. The number of allylic oxidation sites excluding steroid dienone is 1. The minimum atomic E-state index is -4.89. The minimum absolute atomic E-state index is 0.0640. The van der Waals surface area contributed by atoms with Crippen molar-refractivity contribution in [2.75, 3.05) is 11.3 Å². The van der Waals surface area contributed by atoms with Crippen LogP contribution in [0.1, 0.15) is 33.0 Å². The number of hydrogen-bond donors (Lipinski definition) is 1. The second-order valence-electron chi connectivity index (χ2n) is 4.48. The summed E-state index contributed by atoms with van der Waals surface area (Å²) in [5.41, 5.74) is -1.31. The summed E-state index contributed by atoms with van der Waals surface area (Å²) in [5, 5.41) is -2.71. The van der Waals surface area contributed by atoms with E-state index in [2.05, 4.69) is 0 Å². The summed E-state index contributed by atoms with van der Waals surface area (Å²) < 4.78 is 91.0. The maximum Gasteiger partial charge on any atom is 0.335 e. The second-order valence-corrected chi connectivity index (χ2v) is 6.64. The standard InChI is InChI=1S/C15H17ClFNO4S/c1-2-22-15(19)11-5-3-4-6-14(11)23(20,21)18-13-8-7-10(17)9-12(13)16/h5,7-9,14,18H,2-4,6H2,1H3/t14-/m1/s1/i4D2,7D,8D,9D/hD.